The third kappa shape index (κ3) is 4.11. The first-order valence-corrected chi connectivity index (χ1v) is 6.56. The monoisotopic (exact) mass is 331 g/mol. The van der Waals surface area contributed by atoms with Crippen molar-refractivity contribution < 1.29 is 14.3 Å². The molecule has 100 valence electrons. The number of benzene rings is 2. The Morgan fingerprint density at radius 1 is 1.05 bits per heavy atom. The molecular formula is C15H10BrNO3. The number of carbonyl (C=O) groups excluding carboxylic acids is 1. The van der Waals surface area contributed by atoms with Gasteiger partial charge in [0.2, 0.25) is 0 Å². The first-order valence-electron chi connectivity index (χ1n) is 5.76. The van der Waals surface area contributed by atoms with Crippen LogP contribution >= 0.6 is 15.9 Å². The summed E-state index contributed by atoms with van der Waals surface area (Å²) in [4.78, 5) is 11.6. The van der Waals surface area contributed by atoms with Crippen molar-refractivity contribution in [1.82, 2.24) is 0 Å². The van der Waals surface area contributed by atoms with Crippen LogP contribution in [0.3, 0.4) is 0 Å². The Morgan fingerprint density at radius 3 is 2.25 bits per heavy atom. The van der Waals surface area contributed by atoms with Crippen molar-refractivity contribution >= 4 is 21.9 Å². The molecule has 0 heterocycles. The van der Waals surface area contributed by atoms with Crippen molar-refractivity contribution in [3.05, 3.63) is 58.6 Å². The molecule has 0 aliphatic carbocycles. The standard InChI is InChI=1S/C15H10BrNO3/c16-12-3-7-13(8-4-12)19-10-15(18)20-14-5-1-11(9-17)2-6-14/h1-8H,10H2. The van der Waals surface area contributed by atoms with Crippen LogP contribution in [0.4, 0.5) is 0 Å². The topological polar surface area (TPSA) is 59.3 Å². The zero-order valence-electron chi connectivity index (χ0n) is 10.4. The van der Waals surface area contributed by atoms with Gasteiger partial charge in [0.15, 0.2) is 6.61 Å². The highest BCUT2D eigenvalue weighted by Gasteiger charge is 2.06. The van der Waals surface area contributed by atoms with Crippen molar-refractivity contribution in [3.8, 4) is 17.6 Å². The lowest BCUT2D eigenvalue weighted by Crippen LogP contribution is -2.17. The number of hydrogen-bond acceptors (Lipinski definition) is 4. The van der Waals surface area contributed by atoms with Gasteiger partial charge in [-0.1, -0.05) is 15.9 Å². The molecule has 5 heteroatoms. The second-order valence-corrected chi connectivity index (χ2v) is 4.77. The van der Waals surface area contributed by atoms with Gasteiger partial charge in [-0.15, -0.1) is 0 Å². The van der Waals surface area contributed by atoms with Gasteiger partial charge in [-0.05, 0) is 48.5 Å². The fourth-order valence-electron chi connectivity index (χ4n) is 1.43. The summed E-state index contributed by atoms with van der Waals surface area (Å²) in [5.41, 5.74) is 0.510. The summed E-state index contributed by atoms with van der Waals surface area (Å²) in [6.45, 7) is -0.179. The molecule has 0 atom stereocenters. The molecule has 0 unspecified atom stereocenters. The fourth-order valence-corrected chi connectivity index (χ4v) is 1.70. The molecule has 0 aliphatic rings. The molecule has 0 fully saturated rings. The number of nitriles is 1. The van der Waals surface area contributed by atoms with Crippen LogP contribution in [0.1, 0.15) is 5.56 Å². The quantitative estimate of drug-likeness (QED) is 0.637. The Hall–Kier alpha value is -2.32. The predicted octanol–water partition coefficient (Wildman–Crippen LogP) is 3.31. The van der Waals surface area contributed by atoms with Crippen molar-refractivity contribution in [2.24, 2.45) is 0 Å². The van der Waals surface area contributed by atoms with Crippen LogP contribution in [-0.4, -0.2) is 12.6 Å². The average Bonchev–Trinajstić information content (AvgIpc) is 2.47. The number of esters is 1. The van der Waals surface area contributed by atoms with Crippen molar-refractivity contribution in [2.75, 3.05) is 6.61 Å². The maximum absolute atomic E-state index is 11.6. The summed E-state index contributed by atoms with van der Waals surface area (Å²) in [7, 11) is 0. The Bertz CT molecular complexity index is 630. The van der Waals surface area contributed by atoms with E-state index in [4.69, 9.17) is 14.7 Å². The molecule has 0 bridgehead atoms. The summed E-state index contributed by atoms with van der Waals surface area (Å²) < 4.78 is 11.3. The molecular weight excluding hydrogens is 322 g/mol. The molecule has 0 amide bonds. The molecule has 0 saturated heterocycles. The van der Waals surface area contributed by atoms with Crippen molar-refractivity contribution in [2.45, 2.75) is 0 Å². The Kier molecular flexibility index (Phi) is 4.75. The van der Waals surface area contributed by atoms with E-state index in [1.165, 1.54) is 0 Å². The van der Waals surface area contributed by atoms with E-state index in [0.29, 0.717) is 17.1 Å². The van der Waals surface area contributed by atoms with Gasteiger partial charge in [-0.3, -0.25) is 0 Å². The second kappa shape index (κ2) is 6.73. The van der Waals surface area contributed by atoms with Crippen molar-refractivity contribution in [1.29, 1.82) is 5.26 Å². The summed E-state index contributed by atoms with van der Waals surface area (Å²) in [5.74, 6) is 0.469. The van der Waals surface area contributed by atoms with Crippen LogP contribution < -0.4 is 9.47 Å². The van der Waals surface area contributed by atoms with Gasteiger partial charge in [0.25, 0.3) is 0 Å². The summed E-state index contributed by atoms with van der Waals surface area (Å²) >= 11 is 3.31. The van der Waals surface area contributed by atoms with E-state index in [9.17, 15) is 4.79 Å². The van der Waals surface area contributed by atoms with E-state index in [-0.39, 0.29) is 6.61 Å². The summed E-state index contributed by atoms with van der Waals surface area (Å²) in [6, 6.07) is 15.4. The van der Waals surface area contributed by atoms with Gasteiger partial charge in [0.05, 0.1) is 11.6 Å². The van der Waals surface area contributed by atoms with Crippen LogP contribution in [0.5, 0.6) is 11.5 Å². The molecule has 0 N–H and O–H groups in total. The Balaban J connectivity index is 1.86. The van der Waals surface area contributed by atoms with E-state index in [1.807, 2.05) is 18.2 Å². The number of halogens is 1. The lowest BCUT2D eigenvalue weighted by Gasteiger charge is -2.06. The third-order valence-electron chi connectivity index (χ3n) is 2.39. The number of rotatable bonds is 4. The van der Waals surface area contributed by atoms with E-state index in [0.717, 1.165) is 4.47 Å². The molecule has 0 aliphatic heterocycles. The smallest absolute Gasteiger partial charge is 0.349 e. The SMILES string of the molecule is N#Cc1ccc(OC(=O)COc2ccc(Br)cc2)cc1. The molecule has 0 saturated carbocycles. The lowest BCUT2D eigenvalue weighted by molar-refractivity contribution is -0.136. The largest absolute Gasteiger partial charge is 0.482 e. The first kappa shape index (κ1) is 14.1. The minimum Gasteiger partial charge on any atom is -0.482 e. The van der Waals surface area contributed by atoms with Gasteiger partial charge in [0.1, 0.15) is 11.5 Å². The molecule has 20 heavy (non-hydrogen) atoms. The number of ether oxygens (including phenoxy) is 2. The highest BCUT2D eigenvalue weighted by Crippen LogP contribution is 2.16. The lowest BCUT2D eigenvalue weighted by atomic mass is 10.2. The van der Waals surface area contributed by atoms with Gasteiger partial charge >= 0.3 is 5.97 Å². The van der Waals surface area contributed by atoms with Gasteiger partial charge in [0, 0.05) is 4.47 Å². The second-order valence-electron chi connectivity index (χ2n) is 3.85. The maximum Gasteiger partial charge on any atom is 0.349 e. The van der Waals surface area contributed by atoms with E-state index >= 15 is 0 Å². The van der Waals surface area contributed by atoms with Crippen LogP contribution in [-0.2, 0) is 4.79 Å². The van der Waals surface area contributed by atoms with Crippen LogP contribution in [0, 0.1) is 11.3 Å². The highest BCUT2D eigenvalue weighted by molar-refractivity contribution is 9.10. The summed E-state index contributed by atoms with van der Waals surface area (Å²) in [5, 5.41) is 8.66. The minimum absolute atomic E-state index is 0.179. The number of hydrogen-bond donors (Lipinski definition) is 0. The van der Waals surface area contributed by atoms with Crippen LogP contribution in [0.25, 0.3) is 0 Å². The van der Waals surface area contributed by atoms with Gasteiger partial charge < -0.3 is 9.47 Å². The van der Waals surface area contributed by atoms with Gasteiger partial charge in [-0.2, -0.15) is 5.26 Å². The van der Waals surface area contributed by atoms with Crippen LogP contribution in [0.2, 0.25) is 0 Å². The average molecular weight is 332 g/mol. The molecule has 4 nitrogen and oxygen atoms in total. The van der Waals surface area contributed by atoms with E-state index < -0.39 is 5.97 Å². The van der Waals surface area contributed by atoms with E-state index in [1.54, 1.807) is 36.4 Å². The molecule has 2 aromatic rings. The molecule has 2 rings (SSSR count). The number of carbonyl (C=O) groups is 1. The van der Waals surface area contributed by atoms with Crippen LogP contribution in [0.15, 0.2) is 53.0 Å². The molecule has 2 aromatic carbocycles. The summed E-state index contributed by atoms with van der Waals surface area (Å²) in [6.07, 6.45) is 0. The van der Waals surface area contributed by atoms with Crippen molar-refractivity contribution in [3.63, 3.8) is 0 Å². The third-order valence-corrected chi connectivity index (χ3v) is 2.91. The minimum atomic E-state index is -0.502. The molecule has 0 aromatic heterocycles. The maximum atomic E-state index is 11.6. The highest BCUT2D eigenvalue weighted by atomic mass is 79.9. The van der Waals surface area contributed by atoms with Gasteiger partial charge in [-0.25, -0.2) is 4.79 Å². The molecule has 0 radical (unpaired) electrons. The Labute approximate surface area is 124 Å². The first-order chi connectivity index (χ1) is 9.67. The zero-order valence-corrected chi connectivity index (χ0v) is 12.0. The number of nitrogens with zero attached hydrogens (tertiary/aromatic N) is 1. The van der Waals surface area contributed by atoms with E-state index in [2.05, 4.69) is 15.9 Å². The molecule has 0 spiro atoms. The predicted molar refractivity (Wildman–Crippen MR) is 76.4 cm³/mol. The zero-order chi connectivity index (χ0) is 14.4. The Morgan fingerprint density at radius 2 is 1.65 bits per heavy atom. The normalized spacial score (nSPS) is 9.60. The fraction of sp³-hybridized carbons (Fsp3) is 0.0667.